The van der Waals surface area contributed by atoms with Crippen molar-refractivity contribution < 1.29 is 9.84 Å². The van der Waals surface area contributed by atoms with Crippen molar-refractivity contribution in [3.8, 4) is 11.5 Å². The Kier molecular flexibility index (Phi) is 3.97. The third-order valence-electron chi connectivity index (χ3n) is 2.52. The molecule has 0 atom stereocenters. The van der Waals surface area contributed by atoms with E-state index in [1.54, 1.807) is 13.2 Å². The van der Waals surface area contributed by atoms with Gasteiger partial charge in [0.15, 0.2) is 11.5 Å². The maximum absolute atomic E-state index is 9.97. The third kappa shape index (κ3) is 2.42. The molecule has 0 saturated carbocycles. The van der Waals surface area contributed by atoms with Gasteiger partial charge in [0.2, 0.25) is 0 Å². The number of phenols is 1. The Morgan fingerprint density at radius 2 is 2.07 bits per heavy atom. The summed E-state index contributed by atoms with van der Waals surface area (Å²) in [6.07, 6.45) is 0.677. The predicted molar refractivity (Wildman–Crippen MR) is 61.5 cm³/mol. The van der Waals surface area contributed by atoms with Crippen LogP contribution in [0, 0.1) is 0 Å². The lowest BCUT2D eigenvalue weighted by Crippen LogP contribution is -2.07. The van der Waals surface area contributed by atoms with Crippen molar-refractivity contribution in [3.63, 3.8) is 0 Å². The molecule has 0 saturated heterocycles. The molecule has 84 valence electrons. The van der Waals surface area contributed by atoms with E-state index in [2.05, 4.69) is 13.8 Å². The molecule has 0 amide bonds. The zero-order valence-corrected chi connectivity index (χ0v) is 9.58. The Bertz CT molecular complexity index is 335. The van der Waals surface area contributed by atoms with Gasteiger partial charge in [0.25, 0.3) is 0 Å². The molecule has 0 unspecified atom stereocenters. The highest BCUT2D eigenvalue weighted by atomic mass is 16.5. The quantitative estimate of drug-likeness (QED) is 0.797. The molecular weight excluding hydrogens is 190 g/mol. The number of nitrogens with two attached hydrogens (primary N) is 1. The van der Waals surface area contributed by atoms with Crippen LogP contribution >= 0.6 is 0 Å². The van der Waals surface area contributed by atoms with Gasteiger partial charge in [-0.05, 0) is 30.5 Å². The molecule has 0 aliphatic rings. The molecule has 3 N–H and O–H groups in total. The van der Waals surface area contributed by atoms with Gasteiger partial charge in [0, 0.05) is 5.56 Å². The average molecular weight is 209 g/mol. The second-order valence-electron chi connectivity index (χ2n) is 3.88. The van der Waals surface area contributed by atoms with Crippen LogP contribution in [0.25, 0.3) is 0 Å². The molecule has 0 bridgehead atoms. The van der Waals surface area contributed by atoms with E-state index in [1.165, 1.54) is 0 Å². The fourth-order valence-electron chi connectivity index (χ4n) is 1.74. The predicted octanol–water partition coefficient (Wildman–Crippen LogP) is 2.03. The van der Waals surface area contributed by atoms with Crippen molar-refractivity contribution >= 4 is 0 Å². The average Bonchev–Trinajstić information content (AvgIpc) is 2.20. The minimum absolute atomic E-state index is 0.231. The summed E-state index contributed by atoms with van der Waals surface area (Å²) in [5.74, 6) is 1.13. The second-order valence-corrected chi connectivity index (χ2v) is 3.88. The lowest BCUT2D eigenvalue weighted by molar-refractivity contribution is 0.370. The molecular formula is C12H19NO2. The molecule has 15 heavy (non-hydrogen) atoms. The maximum atomic E-state index is 9.97. The van der Waals surface area contributed by atoms with Gasteiger partial charge < -0.3 is 15.6 Å². The molecule has 3 heteroatoms. The van der Waals surface area contributed by atoms with Crippen molar-refractivity contribution in [2.24, 2.45) is 5.73 Å². The molecule has 1 rings (SSSR count). The third-order valence-corrected chi connectivity index (χ3v) is 2.52. The number of aromatic hydroxyl groups is 1. The minimum Gasteiger partial charge on any atom is -0.504 e. The van der Waals surface area contributed by atoms with Gasteiger partial charge in [-0.25, -0.2) is 0 Å². The molecule has 0 aliphatic heterocycles. The Morgan fingerprint density at radius 3 is 2.53 bits per heavy atom. The summed E-state index contributed by atoms with van der Waals surface area (Å²) in [6, 6.07) is 3.79. The Hall–Kier alpha value is -1.22. The van der Waals surface area contributed by atoms with Crippen LogP contribution in [0.3, 0.4) is 0 Å². The molecule has 3 nitrogen and oxygen atoms in total. The van der Waals surface area contributed by atoms with Crippen LogP contribution < -0.4 is 10.5 Å². The summed E-state index contributed by atoms with van der Waals surface area (Å²) in [4.78, 5) is 0. The molecule has 0 fully saturated rings. The minimum atomic E-state index is 0.231. The van der Waals surface area contributed by atoms with Crippen molar-refractivity contribution in [1.82, 2.24) is 0 Å². The van der Waals surface area contributed by atoms with E-state index in [0.29, 0.717) is 24.6 Å². The van der Waals surface area contributed by atoms with Gasteiger partial charge in [-0.2, -0.15) is 0 Å². The number of ether oxygens (including phenoxy) is 1. The highest BCUT2D eigenvalue weighted by Gasteiger charge is 2.14. The monoisotopic (exact) mass is 209 g/mol. The lowest BCUT2D eigenvalue weighted by atomic mass is 9.94. The fourth-order valence-corrected chi connectivity index (χ4v) is 1.74. The van der Waals surface area contributed by atoms with Gasteiger partial charge >= 0.3 is 0 Å². The number of hydrogen-bond acceptors (Lipinski definition) is 3. The van der Waals surface area contributed by atoms with Crippen LogP contribution in [-0.4, -0.2) is 18.8 Å². The van der Waals surface area contributed by atoms with Crippen LogP contribution in [0.15, 0.2) is 12.1 Å². The summed E-state index contributed by atoms with van der Waals surface area (Å²) in [6.45, 7) is 4.73. The van der Waals surface area contributed by atoms with E-state index in [1.807, 2.05) is 6.07 Å². The van der Waals surface area contributed by atoms with Crippen molar-refractivity contribution in [2.45, 2.75) is 26.2 Å². The first-order valence-electron chi connectivity index (χ1n) is 5.20. The summed E-state index contributed by atoms with van der Waals surface area (Å²) in [7, 11) is 1.55. The van der Waals surface area contributed by atoms with Gasteiger partial charge in [-0.3, -0.25) is 0 Å². The summed E-state index contributed by atoms with van der Waals surface area (Å²) in [5, 5.41) is 9.97. The fraction of sp³-hybridized carbons (Fsp3) is 0.500. The molecule has 0 spiro atoms. The zero-order chi connectivity index (χ0) is 11.4. The van der Waals surface area contributed by atoms with E-state index in [4.69, 9.17) is 10.5 Å². The molecule has 1 aromatic carbocycles. The topological polar surface area (TPSA) is 55.5 Å². The Balaban J connectivity index is 3.24. The number of phenolic OH excluding ortho intramolecular Hbond substituents is 1. The molecule has 0 aliphatic carbocycles. The largest absolute Gasteiger partial charge is 0.504 e. The van der Waals surface area contributed by atoms with Crippen LogP contribution in [0.4, 0.5) is 0 Å². The van der Waals surface area contributed by atoms with Crippen LogP contribution in [-0.2, 0) is 6.42 Å². The SMILES string of the molecule is COc1ccc(C(C)C)c(CCN)c1O. The summed E-state index contributed by atoms with van der Waals surface area (Å²) in [5.41, 5.74) is 7.58. The first kappa shape index (κ1) is 11.9. The van der Waals surface area contributed by atoms with Crippen LogP contribution in [0.2, 0.25) is 0 Å². The van der Waals surface area contributed by atoms with Crippen LogP contribution in [0.5, 0.6) is 11.5 Å². The Morgan fingerprint density at radius 1 is 1.40 bits per heavy atom. The summed E-state index contributed by atoms with van der Waals surface area (Å²) >= 11 is 0. The van der Waals surface area contributed by atoms with E-state index in [0.717, 1.165) is 11.1 Å². The zero-order valence-electron chi connectivity index (χ0n) is 9.58. The first-order valence-corrected chi connectivity index (χ1v) is 5.20. The highest BCUT2D eigenvalue weighted by molar-refractivity contribution is 5.50. The standard InChI is InChI=1S/C12H19NO2/c1-8(2)9-4-5-11(15-3)12(14)10(9)6-7-13/h4-5,8,14H,6-7,13H2,1-3H3. The van der Waals surface area contributed by atoms with E-state index >= 15 is 0 Å². The van der Waals surface area contributed by atoms with Crippen molar-refractivity contribution in [1.29, 1.82) is 0 Å². The smallest absolute Gasteiger partial charge is 0.161 e. The number of benzene rings is 1. The number of methoxy groups -OCH3 is 1. The molecule has 0 radical (unpaired) electrons. The lowest BCUT2D eigenvalue weighted by Gasteiger charge is -2.16. The van der Waals surface area contributed by atoms with E-state index < -0.39 is 0 Å². The van der Waals surface area contributed by atoms with Gasteiger partial charge in [-0.1, -0.05) is 19.9 Å². The Labute approximate surface area is 90.9 Å². The molecule has 1 aromatic rings. The second kappa shape index (κ2) is 5.03. The summed E-state index contributed by atoms with van der Waals surface area (Å²) < 4.78 is 5.08. The number of hydrogen-bond donors (Lipinski definition) is 2. The highest BCUT2D eigenvalue weighted by Crippen LogP contribution is 2.35. The number of rotatable bonds is 4. The van der Waals surface area contributed by atoms with Crippen molar-refractivity contribution in [3.05, 3.63) is 23.3 Å². The van der Waals surface area contributed by atoms with Gasteiger partial charge in [-0.15, -0.1) is 0 Å². The van der Waals surface area contributed by atoms with Gasteiger partial charge in [0.05, 0.1) is 7.11 Å². The molecule has 0 heterocycles. The van der Waals surface area contributed by atoms with E-state index in [-0.39, 0.29) is 5.75 Å². The van der Waals surface area contributed by atoms with Crippen molar-refractivity contribution in [2.75, 3.05) is 13.7 Å². The van der Waals surface area contributed by atoms with Crippen LogP contribution in [0.1, 0.15) is 30.9 Å². The first-order chi connectivity index (χ1) is 7.11. The molecule has 0 aromatic heterocycles. The maximum Gasteiger partial charge on any atom is 0.161 e. The van der Waals surface area contributed by atoms with Gasteiger partial charge in [0.1, 0.15) is 0 Å². The van der Waals surface area contributed by atoms with E-state index in [9.17, 15) is 5.11 Å². The normalized spacial score (nSPS) is 10.7.